The molecule has 0 bridgehead atoms. The van der Waals surface area contributed by atoms with Gasteiger partial charge in [-0.05, 0) is 56.5 Å². The molecule has 3 rings (SSSR count). The third kappa shape index (κ3) is 3.95. The molecule has 2 aromatic rings. The van der Waals surface area contributed by atoms with Gasteiger partial charge in [0.2, 0.25) is 0 Å². The number of amides is 2. The first-order valence-corrected chi connectivity index (χ1v) is 8.42. The van der Waals surface area contributed by atoms with E-state index in [1.807, 2.05) is 25.1 Å². The van der Waals surface area contributed by atoms with Crippen LogP contribution in [0.15, 0.2) is 42.6 Å². The van der Waals surface area contributed by atoms with E-state index in [-0.39, 0.29) is 18.1 Å². The van der Waals surface area contributed by atoms with Gasteiger partial charge >= 0.3 is 6.03 Å². The van der Waals surface area contributed by atoms with Crippen molar-refractivity contribution in [2.75, 3.05) is 0 Å². The van der Waals surface area contributed by atoms with Crippen molar-refractivity contribution in [3.05, 3.63) is 65.5 Å². The maximum Gasteiger partial charge on any atom is 0.318 e. The minimum atomic E-state index is -0.917. The summed E-state index contributed by atoms with van der Waals surface area (Å²) >= 11 is 0. The van der Waals surface area contributed by atoms with Crippen LogP contribution in [0.2, 0.25) is 0 Å². The first kappa shape index (κ1) is 17.3. The minimum Gasteiger partial charge on any atom is -0.331 e. The average molecular weight is 345 g/mol. The normalized spacial score (nSPS) is 16.2. The lowest BCUT2D eigenvalue weighted by Crippen LogP contribution is -2.44. The van der Waals surface area contributed by atoms with Crippen molar-refractivity contribution in [1.29, 1.82) is 0 Å². The van der Waals surface area contributed by atoms with Gasteiger partial charge in [0, 0.05) is 12.2 Å². The number of benzene rings is 1. The summed E-state index contributed by atoms with van der Waals surface area (Å²) in [4.78, 5) is 18.9. The molecule has 1 saturated carbocycles. The second-order valence-corrected chi connectivity index (χ2v) is 6.41. The van der Waals surface area contributed by atoms with Gasteiger partial charge in [-0.2, -0.15) is 0 Å². The van der Waals surface area contributed by atoms with E-state index in [1.54, 1.807) is 18.0 Å². The standard InChI is InChI=1S/C19H21F2N3O/c1-12(14-6-9-16(20)17(21)11-14)23-19(25)24(15-7-8-15)13(2)18-5-3-4-10-22-18/h3-6,9-13,15H,7-8H2,1-2H3,(H,23,25)/t12-,13+/m0/s1. The Morgan fingerprint density at radius 3 is 2.56 bits per heavy atom. The molecule has 1 N–H and O–H groups in total. The summed E-state index contributed by atoms with van der Waals surface area (Å²) in [7, 11) is 0. The lowest BCUT2D eigenvalue weighted by Gasteiger charge is -2.30. The molecule has 0 radical (unpaired) electrons. The fourth-order valence-corrected chi connectivity index (χ4v) is 2.90. The molecule has 1 aliphatic rings. The molecule has 1 aliphatic carbocycles. The Bertz CT molecular complexity index is 750. The van der Waals surface area contributed by atoms with Gasteiger partial charge < -0.3 is 10.2 Å². The maximum absolute atomic E-state index is 13.4. The van der Waals surface area contributed by atoms with Crippen molar-refractivity contribution in [1.82, 2.24) is 15.2 Å². The molecule has 6 heteroatoms. The number of carbonyl (C=O) groups excluding carboxylic acids is 1. The number of aromatic nitrogens is 1. The summed E-state index contributed by atoms with van der Waals surface area (Å²) in [5, 5.41) is 2.89. The molecular formula is C19H21F2N3O. The lowest BCUT2D eigenvalue weighted by molar-refractivity contribution is 0.170. The predicted octanol–water partition coefficient (Wildman–Crippen LogP) is 4.36. The van der Waals surface area contributed by atoms with Crippen LogP contribution in [0.5, 0.6) is 0 Å². The van der Waals surface area contributed by atoms with Crippen LogP contribution in [0.25, 0.3) is 0 Å². The van der Waals surface area contributed by atoms with Crippen molar-refractivity contribution < 1.29 is 13.6 Å². The average Bonchev–Trinajstić information content (AvgIpc) is 3.43. The molecule has 0 aliphatic heterocycles. The van der Waals surface area contributed by atoms with E-state index in [0.29, 0.717) is 5.56 Å². The van der Waals surface area contributed by atoms with E-state index in [4.69, 9.17) is 0 Å². The SMILES string of the molecule is C[C@H](NC(=O)N(C1CC1)[C@H](C)c1ccccn1)c1ccc(F)c(F)c1. The minimum absolute atomic E-state index is 0.161. The Kier molecular flexibility index (Phi) is 4.97. The Balaban J connectivity index is 1.74. The van der Waals surface area contributed by atoms with Crippen molar-refractivity contribution in [3.63, 3.8) is 0 Å². The van der Waals surface area contributed by atoms with Crippen LogP contribution >= 0.6 is 0 Å². The summed E-state index contributed by atoms with van der Waals surface area (Å²) in [6, 6.07) is 8.66. The van der Waals surface area contributed by atoms with Gasteiger partial charge in [-0.15, -0.1) is 0 Å². The van der Waals surface area contributed by atoms with E-state index in [0.717, 1.165) is 30.7 Å². The number of pyridine rings is 1. The van der Waals surface area contributed by atoms with Crippen LogP contribution in [0, 0.1) is 11.6 Å². The van der Waals surface area contributed by atoms with Crippen LogP contribution in [0.1, 0.15) is 50.0 Å². The first-order valence-electron chi connectivity index (χ1n) is 8.42. The molecule has 1 aromatic heterocycles. The largest absolute Gasteiger partial charge is 0.331 e. The summed E-state index contributed by atoms with van der Waals surface area (Å²) in [6.45, 7) is 3.70. The van der Waals surface area contributed by atoms with Crippen molar-refractivity contribution >= 4 is 6.03 Å². The predicted molar refractivity (Wildman–Crippen MR) is 90.8 cm³/mol. The molecule has 2 atom stereocenters. The third-order valence-corrected chi connectivity index (χ3v) is 4.49. The highest BCUT2D eigenvalue weighted by molar-refractivity contribution is 5.76. The number of halogens is 2. The van der Waals surface area contributed by atoms with Gasteiger partial charge in [0.1, 0.15) is 0 Å². The molecule has 0 spiro atoms. The van der Waals surface area contributed by atoms with Gasteiger partial charge in [-0.1, -0.05) is 12.1 Å². The first-order chi connectivity index (χ1) is 12.0. The number of urea groups is 1. The van der Waals surface area contributed by atoms with Gasteiger partial charge in [-0.25, -0.2) is 13.6 Å². The number of hydrogen-bond donors (Lipinski definition) is 1. The molecule has 2 amide bonds. The fraction of sp³-hybridized carbons (Fsp3) is 0.368. The summed E-state index contributed by atoms with van der Waals surface area (Å²) < 4.78 is 26.5. The smallest absolute Gasteiger partial charge is 0.318 e. The van der Waals surface area contributed by atoms with E-state index in [1.165, 1.54) is 6.07 Å². The molecule has 0 unspecified atom stereocenters. The summed E-state index contributed by atoms with van der Waals surface area (Å²) in [6.07, 6.45) is 3.63. The van der Waals surface area contributed by atoms with E-state index >= 15 is 0 Å². The molecule has 25 heavy (non-hydrogen) atoms. The second kappa shape index (κ2) is 7.17. The van der Waals surface area contributed by atoms with Gasteiger partial charge in [0.25, 0.3) is 0 Å². The zero-order valence-electron chi connectivity index (χ0n) is 14.2. The summed E-state index contributed by atoms with van der Waals surface area (Å²) in [5.74, 6) is -1.81. The Hall–Kier alpha value is -2.50. The third-order valence-electron chi connectivity index (χ3n) is 4.49. The molecule has 4 nitrogen and oxygen atoms in total. The summed E-state index contributed by atoms with van der Waals surface area (Å²) in [5.41, 5.74) is 1.35. The Morgan fingerprint density at radius 2 is 1.96 bits per heavy atom. The number of nitrogens with one attached hydrogen (secondary N) is 1. The highest BCUT2D eigenvalue weighted by atomic mass is 19.2. The zero-order chi connectivity index (χ0) is 18.0. The van der Waals surface area contributed by atoms with Gasteiger partial charge in [0.15, 0.2) is 11.6 Å². The number of carbonyl (C=O) groups is 1. The topological polar surface area (TPSA) is 45.2 Å². The number of nitrogens with zero attached hydrogens (tertiary/aromatic N) is 2. The molecule has 132 valence electrons. The maximum atomic E-state index is 13.4. The van der Waals surface area contributed by atoms with Crippen molar-refractivity contribution in [2.24, 2.45) is 0 Å². The van der Waals surface area contributed by atoms with Crippen LogP contribution in [-0.4, -0.2) is 22.0 Å². The van der Waals surface area contributed by atoms with Crippen molar-refractivity contribution in [3.8, 4) is 0 Å². The van der Waals surface area contributed by atoms with Crippen LogP contribution in [0.4, 0.5) is 13.6 Å². The molecular weight excluding hydrogens is 324 g/mol. The van der Waals surface area contributed by atoms with E-state index in [2.05, 4.69) is 10.3 Å². The van der Waals surface area contributed by atoms with Crippen LogP contribution < -0.4 is 5.32 Å². The monoisotopic (exact) mass is 345 g/mol. The molecule has 1 aromatic carbocycles. The number of rotatable bonds is 5. The van der Waals surface area contributed by atoms with Crippen LogP contribution in [-0.2, 0) is 0 Å². The van der Waals surface area contributed by atoms with Crippen molar-refractivity contribution in [2.45, 2.75) is 44.8 Å². The quantitative estimate of drug-likeness (QED) is 0.875. The van der Waals surface area contributed by atoms with Crippen LogP contribution in [0.3, 0.4) is 0 Å². The van der Waals surface area contributed by atoms with Gasteiger partial charge in [-0.3, -0.25) is 4.98 Å². The molecule has 1 heterocycles. The Morgan fingerprint density at radius 1 is 1.20 bits per heavy atom. The zero-order valence-corrected chi connectivity index (χ0v) is 14.2. The number of hydrogen-bond acceptors (Lipinski definition) is 2. The van der Waals surface area contributed by atoms with E-state index in [9.17, 15) is 13.6 Å². The highest BCUT2D eigenvalue weighted by Crippen LogP contribution is 2.34. The lowest BCUT2D eigenvalue weighted by atomic mass is 10.1. The van der Waals surface area contributed by atoms with Gasteiger partial charge in [0.05, 0.1) is 17.8 Å². The fourth-order valence-electron chi connectivity index (χ4n) is 2.90. The molecule has 1 fully saturated rings. The van der Waals surface area contributed by atoms with E-state index < -0.39 is 17.7 Å². The molecule has 0 saturated heterocycles. The second-order valence-electron chi connectivity index (χ2n) is 6.41. The Labute approximate surface area is 145 Å². The highest BCUT2D eigenvalue weighted by Gasteiger charge is 2.37.